The van der Waals surface area contributed by atoms with Crippen molar-refractivity contribution in [2.24, 2.45) is 0 Å². The fraction of sp³-hybridized carbons (Fsp3) is 0.188. The summed E-state index contributed by atoms with van der Waals surface area (Å²) in [5.74, 6) is 0.704. The van der Waals surface area contributed by atoms with Gasteiger partial charge in [0.25, 0.3) is 5.91 Å². The average molecular weight is 334 g/mol. The minimum absolute atomic E-state index is 0.0998. The number of hydrogen-bond acceptors (Lipinski definition) is 2. The van der Waals surface area contributed by atoms with E-state index in [1.165, 1.54) is 0 Å². The molecule has 20 heavy (non-hydrogen) atoms. The molecular weight excluding hydrogens is 318 g/mol. The van der Waals surface area contributed by atoms with Crippen LogP contribution in [-0.2, 0) is 0 Å². The number of para-hydroxylation sites is 1. The second kappa shape index (κ2) is 7.10. The Labute approximate surface area is 127 Å². The van der Waals surface area contributed by atoms with Crippen molar-refractivity contribution in [2.75, 3.05) is 13.2 Å². The molecule has 0 radical (unpaired) electrons. The predicted molar refractivity (Wildman–Crippen MR) is 83.1 cm³/mol. The number of carbonyl (C=O) groups excluding carboxylic acids is 1. The van der Waals surface area contributed by atoms with Crippen molar-refractivity contribution in [3.8, 4) is 5.75 Å². The zero-order chi connectivity index (χ0) is 14.4. The molecule has 2 rings (SSSR count). The van der Waals surface area contributed by atoms with Gasteiger partial charge in [-0.3, -0.25) is 4.79 Å². The van der Waals surface area contributed by atoms with E-state index in [0.29, 0.717) is 18.7 Å². The van der Waals surface area contributed by atoms with Crippen molar-refractivity contribution in [3.05, 3.63) is 64.1 Å². The third kappa shape index (κ3) is 4.10. The highest BCUT2D eigenvalue weighted by atomic mass is 79.9. The maximum atomic E-state index is 12.0. The lowest BCUT2D eigenvalue weighted by Crippen LogP contribution is -2.28. The first-order valence-electron chi connectivity index (χ1n) is 6.39. The number of benzene rings is 2. The number of halogens is 1. The predicted octanol–water partition coefficient (Wildman–Crippen LogP) is 3.57. The van der Waals surface area contributed by atoms with Crippen molar-refractivity contribution in [3.63, 3.8) is 0 Å². The summed E-state index contributed by atoms with van der Waals surface area (Å²) >= 11 is 3.38. The molecule has 0 spiro atoms. The zero-order valence-electron chi connectivity index (χ0n) is 11.2. The van der Waals surface area contributed by atoms with E-state index in [1.807, 2.05) is 55.5 Å². The fourth-order valence-electron chi connectivity index (χ4n) is 1.76. The Hall–Kier alpha value is -1.81. The molecule has 0 bridgehead atoms. The van der Waals surface area contributed by atoms with Gasteiger partial charge in [-0.15, -0.1) is 0 Å². The van der Waals surface area contributed by atoms with Gasteiger partial charge in [0.1, 0.15) is 12.4 Å². The summed E-state index contributed by atoms with van der Waals surface area (Å²) in [5, 5.41) is 2.84. The summed E-state index contributed by atoms with van der Waals surface area (Å²) in [6.45, 7) is 2.87. The van der Waals surface area contributed by atoms with Gasteiger partial charge in [0.15, 0.2) is 0 Å². The highest BCUT2D eigenvalue weighted by Gasteiger charge is 2.09. The molecule has 0 saturated carbocycles. The normalized spacial score (nSPS) is 10.1. The minimum atomic E-state index is -0.0998. The van der Waals surface area contributed by atoms with Crippen LogP contribution >= 0.6 is 15.9 Å². The van der Waals surface area contributed by atoms with Crippen LogP contribution in [0.3, 0.4) is 0 Å². The molecule has 0 unspecified atom stereocenters. The maximum Gasteiger partial charge on any atom is 0.252 e. The molecule has 0 heterocycles. The van der Waals surface area contributed by atoms with Gasteiger partial charge >= 0.3 is 0 Å². The standard InChI is InChI=1S/C16H16BrNO2/c1-12-7-8-15(17)14(11-12)16(19)18-9-10-20-13-5-3-2-4-6-13/h2-8,11H,9-10H2,1H3,(H,18,19). The summed E-state index contributed by atoms with van der Waals surface area (Å²) in [4.78, 5) is 12.0. The summed E-state index contributed by atoms with van der Waals surface area (Å²) in [7, 11) is 0. The van der Waals surface area contributed by atoms with Crippen molar-refractivity contribution < 1.29 is 9.53 Å². The molecule has 1 amide bonds. The van der Waals surface area contributed by atoms with Crippen molar-refractivity contribution >= 4 is 21.8 Å². The van der Waals surface area contributed by atoms with E-state index < -0.39 is 0 Å². The summed E-state index contributed by atoms with van der Waals surface area (Å²) in [6.07, 6.45) is 0. The van der Waals surface area contributed by atoms with E-state index in [-0.39, 0.29) is 5.91 Å². The van der Waals surface area contributed by atoms with Crippen molar-refractivity contribution in [1.82, 2.24) is 5.32 Å². The summed E-state index contributed by atoms with van der Waals surface area (Å²) < 4.78 is 6.32. The van der Waals surface area contributed by atoms with Crippen LogP contribution in [-0.4, -0.2) is 19.1 Å². The van der Waals surface area contributed by atoms with Gasteiger partial charge in [0.2, 0.25) is 0 Å². The third-order valence-corrected chi connectivity index (χ3v) is 3.46. The van der Waals surface area contributed by atoms with E-state index in [2.05, 4.69) is 21.2 Å². The van der Waals surface area contributed by atoms with Gasteiger partial charge in [-0.05, 0) is 47.1 Å². The smallest absolute Gasteiger partial charge is 0.252 e. The Kier molecular flexibility index (Phi) is 5.18. The van der Waals surface area contributed by atoms with Gasteiger partial charge in [-0.25, -0.2) is 0 Å². The van der Waals surface area contributed by atoms with E-state index >= 15 is 0 Å². The molecule has 1 N–H and O–H groups in total. The highest BCUT2D eigenvalue weighted by molar-refractivity contribution is 9.10. The van der Waals surface area contributed by atoms with Gasteiger partial charge in [0.05, 0.1) is 12.1 Å². The second-order valence-electron chi connectivity index (χ2n) is 4.40. The van der Waals surface area contributed by atoms with E-state index in [1.54, 1.807) is 0 Å². The van der Waals surface area contributed by atoms with Gasteiger partial charge in [0, 0.05) is 4.47 Å². The molecule has 0 aliphatic carbocycles. The third-order valence-electron chi connectivity index (χ3n) is 2.77. The Balaban J connectivity index is 1.82. The van der Waals surface area contributed by atoms with Crippen molar-refractivity contribution in [1.29, 1.82) is 0 Å². The van der Waals surface area contributed by atoms with Crippen LogP contribution < -0.4 is 10.1 Å². The van der Waals surface area contributed by atoms with Gasteiger partial charge in [-0.1, -0.05) is 29.8 Å². The first kappa shape index (κ1) is 14.6. The van der Waals surface area contributed by atoms with E-state index in [0.717, 1.165) is 15.8 Å². The number of aryl methyl sites for hydroxylation is 1. The Morgan fingerprint density at radius 3 is 2.70 bits per heavy atom. The van der Waals surface area contributed by atoms with Crippen LogP contribution in [0, 0.1) is 6.92 Å². The molecule has 0 fully saturated rings. The number of rotatable bonds is 5. The topological polar surface area (TPSA) is 38.3 Å². The lowest BCUT2D eigenvalue weighted by Gasteiger charge is -2.09. The Morgan fingerprint density at radius 1 is 1.20 bits per heavy atom. The van der Waals surface area contributed by atoms with Crippen LogP contribution in [0.1, 0.15) is 15.9 Å². The van der Waals surface area contributed by atoms with Crippen LogP contribution in [0.5, 0.6) is 5.75 Å². The molecule has 2 aromatic carbocycles. The van der Waals surface area contributed by atoms with E-state index in [4.69, 9.17) is 4.74 Å². The molecule has 0 atom stereocenters. The summed E-state index contributed by atoms with van der Waals surface area (Å²) in [6, 6.07) is 15.2. The lowest BCUT2D eigenvalue weighted by molar-refractivity contribution is 0.0946. The highest BCUT2D eigenvalue weighted by Crippen LogP contribution is 2.17. The van der Waals surface area contributed by atoms with Crippen LogP contribution in [0.15, 0.2) is 53.0 Å². The molecule has 104 valence electrons. The fourth-order valence-corrected chi connectivity index (χ4v) is 2.19. The average Bonchev–Trinajstić information content (AvgIpc) is 2.47. The van der Waals surface area contributed by atoms with E-state index in [9.17, 15) is 4.79 Å². The number of hydrogen-bond donors (Lipinski definition) is 1. The molecule has 0 aromatic heterocycles. The van der Waals surface area contributed by atoms with Gasteiger partial charge in [-0.2, -0.15) is 0 Å². The Morgan fingerprint density at radius 2 is 1.95 bits per heavy atom. The largest absolute Gasteiger partial charge is 0.492 e. The summed E-state index contributed by atoms with van der Waals surface area (Å²) in [5.41, 5.74) is 1.70. The molecular formula is C16H16BrNO2. The quantitative estimate of drug-likeness (QED) is 0.849. The number of nitrogens with one attached hydrogen (secondary N) is 1. The molecule has 0 saturated heterocycles. The molecule has 3 nitrogen and oxygen atoms in total. The molecule has 2 aromatic rings. The Bertz CT molecular complexity index is 584. The zero-order valence-corrected chi connectivity index (χ0v) is 12.8. The lowest BCUT2D eigenvalue weighted by atomic mass is 10.1. The molecule has 0 aliphatic heterocycles. The van der Waals surface area contributed by atoms with Crippen LogP contribution in [0.4, 0.5) is 0 Å². The number of ether oxygens (including phenoxy) is 1. The monoisotopic (exact) mass is 333 g/mol. The molecule has 0 aliphatic rings. The van der Waals surface area contributed by atoms with Crippen LogP contribution in [0.25, 0.3) is 0 Å². The SMILES string of the molecule is Cc1ccc(Br)c(C(=O)NCCOc2ccccc2)c1. The molecule has 4 heteroatoms. The minimum Gasteiger partial charge on any atom is -0.492 e. The second-order valence-corrected chi connectivity index (χ2v) is 5.26. The van der Waals surface area contributed by atoms with Crippen LogP contribution in [0.2, 0.25) is 0 Å². The first-order chi connectivity index (χ1) is 9.66. The maximum absolute atomic E-state index is 12.0. The number of carbonyl (C=O) groups is 1. The van der Waals surface area contributed by atoms with Gasteiger partial charge < -0.3 is 10.1 Å². The number of amides is 1. The van der Waals surface area contributed by atoms with Crippen molar-refractivity contribution in [2.45, 2.75) is 6.92 Å². The first-order valence-corrected chi connectivity index (χ1v) is 7.18.